The summed E-state index contributed by atoms with van der Waals surface area (Å²) in [4.78, 5) is 11.7. The van der Waals surface area contributed by atoms with E-state index in [1.165, 1.54) is 11.4 Å². The Bertz CT molecular complexity index is 653. The Hall–Kier alpha value is -1.72. The van der Waals surface area contributed by atoms with E-state index in [2.05, 4.69) is 46.4 Å². The van der Waals surface area contributed by atoms with Crippen LogP contribution in [0.2, 0.25) is 0 Å². The molecule has 5 nitrogen and oxygen atoms in total. The summed E-state index contributed by atoms with van der Waals surface area (Å²) < 4.78 is 5.84. The lowest BCUT2D eigenvalue weighted by Crippen LogP contribution is -2.38. The number of aliphatic hydroxyl groups excluding tert-OH is 1. The first-order valence-corrected chi connectivity index (χ1v) is 11.8. The standard InChI is InChI=1S/C26H45N3O2/c1-20(2)16-23(6)27-12-14-29(15-13-28-24(7)17-21(3)4)18-25(30)19-31-26-11-9-8-10-22(26)5/h8-11,20-21,25,30H,12-19H2,1-7H3. The molecule has 176 valence electrons. The third-order valence-corrected chi connectivity index (χ3v) is 5.00. The van der Waals surface area contributed by atoms with Crippen LogP contribution >= 0.6 is 0 Å². The molecule has 1 aromatic rings. The Balaban J connectivity index is 2.61. The number of rotatable bonds is 15. The summed E-state index contributed by atoms with van der Waals surface area (Å²) in [6.07, 6.45) is 1.51. The molecule has 0 aliphatic heterocycles. The number of aryl methyl sites for hydroxylation is 1. The summed E-state index contributed by atoms with van der Waals surface area (Å²) in [6, 6.07) is 7.90. The molecule has 0 fully saturated rings. The molecule has 1 atom stereocenters. The first-order valence-electron chi connectivity index (χ1n) is 11.8. The molecule has 0 spiro atoms. The minimum Gasteiger partial charge on any atom is -0.491 e. The SMILES string of the molecule is CC(CC(C)C)=NCCN(CCN=C(C)CC(C)C)CC(O)COc1ccccc1C. The van der Waals surface area contributed by atoms with E-state index in [-0.39, 0.29) is 6.61 Å². The maximum atomic E-state index is 10.6. The van der Waals surface area contributed by atoms with E-state index in [1.54, 1.807) is 0 Å². The lowest BCUT2D eigenvalue weighted by atomic mass is 10.1. The van der Waals surface area contributed by atoms with Crippen molar-refractivity contribution < 1.29 is 9.84 Å². The molecule has 1 unspecified atom stereocenters. The topological polar surface area (TPSA) is 57.4 Å². The van der Waals surface area contributed by atoms with Gasteiger partial charge in [0.2, 0.25) is 0 Å². The van der Waals surface area contributed by atoms with Crippen LogP contribution in [0.1, 0.15) is 59.9 Å². The Morgan fingerprint density at radius 3 is 1.94 bits per heavy atom. The van der Waals surface area contributed by atoms with Crippen LogP contribution in [0.4, 0.5) is 0 Å². The molecule has 1 aromatic carbocycles. The van der Waals surface area contributed by atoms with Crippen molar-refractivity contribution in [2.24, 2.45) is 21.8 Å². The van der Waals surface area contributed by atoms with Crippen LogP contribution < -0.4 is 4.74 Å². The lowest BCUT2D eigenvalue weighted by Gasteiger charge is -2.24. The van der Waals surface area contributed by atoms with Crippen LogP contribution in [0, 0.1) is 18.8 Å². The largest absolute Gasteiger partial charge is 0.491 e. The van der Waals surface area contributed by atoms with Gasteiger partial charge in [0, 0.05) is 31.1 Å². The minimum absolute atomic E-state index is 0.284. The van der Waals surface area contributed by atoms with Crippen LogP contribution in [-0.2, 0) is 0 Å². The van der Waals surface area contributed by atoms with Gasteiger partial charge in [-0.25, -0.2) is 0 Å². The van der Waals surface area contributed by atoms with Gasteiger partial charge in [-0.1, -0.05) is 45.9 Å². The maximum absolute atomic E-state index is 10.6. The molecule has 0 saturated heterocycles. The zero-order valence-electron chi connectivity index (χ0n) is 20.9. The average molecular weight is 432 g/mol. The van der Waals surface area contributed by atoms with Crippen LogP contribution in [0.25, 0.3) is 0 Å². The fraction of sp³-hybridized carbons (Fsp3) is 0.692. The number of aliphatic hydroxyl groups is 1. The zero-order valence-corrected chi connectivity index (χ0v) is 20.9. The van der Waals surface area contributed by atoms with Crippen LogP contribution in [-0.4, -0.2) is 66.9 Å². The van der Waals surface area contributed by atoms with Crippen LogP contribution in [0.3, 0.4) is 0 Å². The summed E-state index contributed by atoms with van der Waals surface area (Å²) in [6.45, 7) is 19.1. The fourth-order valence-electron chi connectivity index (χ4n) is 3.62. The van der Waals surface area contributed by atoms with E-state index in [0.29, 0.717) is 18.4 Å². The molecular weight excluding hydrogens is 386 g/mol. The first-order chi connectivity index (χ1) is 14.7. The smallest absolute Gasteiger partial charge is 0.122 e. The normalized spacial score (nSPS) is 14.0. The van der Waals surface area contributed by atoms with Gasteiger partial charge in [-0.3, -0.25) is 14.9 Å². The van der Waals surface area contributed by atoms with E-state index in [4.69, 9.17) is 14.7 Å². The van der Waals surface area contributed by atoms with Gasteiger partial charge in [0.15, 0.2) is 0 Å². The van der Waals surface area contributed by atoms with Crippen molar-refractivity contribution >= 4 is 11.4 Å². The predicted octanol–water partition coefficient (Wildman–Crippen LogP) is 5.05. The Morgan fingerprint density at radius 2 is 1.45 bits per heavy atom. The molecule has 0 aromatic heterocycles. The molecule has 0 aliphatic rings. The van der Waals surface area contributed by atoms with Gasteiger partial charge in [0.05, 0.1) is 13.1 Å². The van der Waals surface area contributed by atoms with E-state index in [0.717, 1.165) is 50.3 Å². The molecule has 0 bridgehead atoms. The van der Waals surface area contributed by atoms with Gasteiger partial charge in [-0.05, 0) is 57.1 Å². The van der Waals surface area contributed by atoms with Crippen molar-refractivity contribution in [1.29, 1.82) is 0 Å². The molecule has 0 aliphatic carbocycles. The average Bonchev–Trinajstić information content (AvgIpc) is 2.66. The highest BCUT2D eigenvalue weighted by atomic mass is 16.5. The fourth-order valence-corrected chi connectivity index (χ4v) is 3.62. The number of hydrogen-bond donors (Lipinski definition) is 1. The molecule has 31 heavy (non-hydrogen) atoms. The number of hydrogen-bond acceptors (Lipinski definition) is 5. The highest BCUT2D eigenvalue weighted by Crippen LogP contribution is 2.16. The number of aliphatic imine (C=N–C) groups is 2. The van der Waals surface area contributed by atoms with Crippen molar-refractivity contribution in [3.8, 4) is 5.75 Å². The second-order valence-corrected chi connectivity index (χ2v) is 9.46. The highest BCUT2D eigenvalue weighted by molar-refractivity contribution is 5.82. The third kappa shape index (κ3) is 13.3. The van der Waals surface area contributed by atoms with E-state index >= 15 is 0 Å². The lowest BCUT2D eigenvalue weighted by molar-refractivity contribution is 0.0700. The van der Waals surface area contributed by atoms with Gasteiger partial charge < -0.3 is 9.84 Å². The van der Waals surface area contributed by atoms with Crippen LogP contribution in [0.5, 0.6) is 5.75 Å². The van der Waals surface area contributed by atoms with Crippen molar-refractivity contribution in [3.63, 3.8) is 0 Å². The summed E-state index contributed by atoms with van der Waals surface area (Å²) in [5, 5.41) is 10.6. The van der Waals surface area contributed by atoms with E-state index < -0.39 is 6.10 Å². The second-order valence-electron chi connectivity index (χ2n) is 9.46. The first kappa shape index (κ1) is 27.3. The Morgan fingerprint density at radius 1 is 0.935 bits per heavy atom. The molecule has 0 saturated carbocycles. The monoisotopic (exact) mass is 431 g/mol. The molecule has 0 heterocycles. The second kappa shape index (κ2) is 15.1. The summed E-state index contributed by atoms with van der Waals surface area (Å²) in [5.41, 5.74) is 3.48. The maximum Gasteiger partial charge on any atom is 0.122 e. The summed E-state index contributed by atoms with van der Waals surface area (Å²) in [5.74, 6) is 2.08. The number of para-hydroxylation sites is 1. The van der Waals surface area contributed by atoms with E-state index in [9.17, 15) is 5.11 Å². The number of benzene rings is 1. The zero-order chi connectivity index (χ0) is 23.2. The van der Waals surface area contributed by atoms with Gasteiger partial charge >= 0.3 is 0 Å². The highest BCUT2D eigenvalue weighted by Gasteiger charge is 2.13. The van der Waals surface area contributed by atoms with E-state index in [1.807, 2.05) is 31.2 Å². The number of ether oxygens (including phenoxy) is 1. The molecule has 0 radical (unpaired) electrons. The van der Waals surface area contributed by atoms with Gasteiger partial charge in [0.1, 0.15) is 18.5 Å². The minimum atomic E-state index is -0.555. The Labute approximate surface area is 190 Å². The molecule has 0 amide bonds. The predicted molar refractivity (Wildman–Crippen MR) is 134 cm³/mol. The van der Waals surface area contributed by atoms with Crippen LogP contribution in [0.15, 0.2) is 34.3 Å². The number of nitrogens with zero attached hydrogens (tertiary/aromatic N) is 3. The summed E-state index contributed by atoms with van der Waals surface area (Å²) >= 11 is 0. The van der Waals surface area contributed by atoms with Gasteiger partial charge in [-0.15, -0.1) is 0 Å². The molecule has 1 N–H and O–H groups in total. The molecule has 5 heteroatoms. The van der Waals surface area contributed by atoms with Crippen molar-refractivity contribution in [2.45, 2.75) is 67.4 Å². The quantitative estimate of drug-likeness (QED) is 0.395. The van der Waals surface area contributed by atoms with Crippen molar-refractivity contribution in [1.82, 2.24) is 4.90 Å². The Kier molecular flexibility index (Phi) is 13.3. The van der Waals surface area contributed by atoms with Gasteiger partial charge in [-0.2, -0.15) is 0 Å². The molecule has 1 rings (SSSR count). The van der Waals surface area contributed by atoms with Gasteiger partial charge in [0.25, 0.3) is 0 Å². The van der Waals surface area contributed by atoms with Crippen molar-refractivity contribution in [2.75, 3.05) is 39.3 Å². The molecular formula is C26H45N3O2. The third-order valence-electron chi connectivity index (χ3n) is 5.00. The summed E-state index contributed by atoms with van der Waals surface area (Å²) in [7, 11) is 0. The van der Waals surface area contributed by atoms with Crippen molar-refractivity contribution in [3.05, 3.63) is 29.8 Å².